The lowest BCUT2D eigenvalue weighted by atomic mass is 9.68. The number of hydrogen-bond acceptors (Lipinski definition) is 5. The summed E-state index contributed by atoms with van der Waals surface area (Å²) in [5, 5.41) is 14.5. The van der Waals surface area contributed by atoms with Crippen molar-refractivity contribution in [3.63, 3.8) is 0 Å². The van der Waals surface area contributed by atoms with Crippen LogP contribution in [0.1, 0.15) is 55.2 Å². The van der Waals surface area contributed by atoms with E-state index < -0.39 is 0 Å². The zero-order valence-electron chi connectivity index (χ0n) is 17.7. The topological polar surface area (TPSA) is 109 Å². The number of aryl methyl sites for hydroxylation is 2. The van der Waals surface area contributed by atoms with E-state index in [1.807, 2.05) is 36.1 Å². The number of nitrogens with two attached hydrogens (primary N) is 1. The molecule has 30 heavy (non-hydrogen) atoms. The Labute approximate surface area is 177 Å². The molecule has 1 aromatic carbocycles. The summed E-state index contributed by atoms with van der Waals surface area (Å²) in [5.74, 6) is 0.586. The van der Waals surface area contributed by atoms with Crippen molar-refractivity contribution in [3.05, 3.63) is 41.1 Å². The zero-order chi connectivity index (χ0) is 21.3. The molecular weight excluding hydrogens is 376 g/mol. The second-order valence-electron chi connectivity index (χ2n) is 8.53. The molecule has 7 heteroatoms. The summed E-state index contributed by atoms with van der Waals surface area (Å²) >= 11 is 0. The molecule has 0 radical (unpaired) electrons. The molecule has 1 saturated heterocycles. The van der Waals surface area contributed by atoms with Crippen LogP contribution in [0, 0.1) is 23.2 Å². The third-order valence-corrected chi connectivity index (χ3v) is 6.83. The number of benzene rings is 1. The Balaban J connectivity index is 1.71. The van der Waals surface area contributed by atoms with Crippen molar-refractivity contribution in [3.8, 4) is 17.3 Å². The summed E-state index contributed by atoms with van der Waals surface area (Å²) in [7, 11) is 1.94. The summed E-state index contributed by atoms with van der Waals surface area (Å²) < 4.78 is 1.89. The van der Waals surface area contributed by atoms with Crippen molar-refractivity contribution in [2.24, 2.45) is 24.6 Å². The van der Waals surface area contributed by atoms with Crippen molar-refractivity contribution in [1.82, 2.24) is 20.6 Å². The van der Waals surface area contributed by atoms with Crippen molar-refractivity contribution < 1.29 is 4.79 Å². The summed E-state index contributed by atoms with van der Waals surface area (Å²) in [6.07, 6.45) is 6.49. The lowest BCUT2D eigenvalue weighted by molar-refractivity contribution is -0.133. The highest BCUT2D eigenvalue weighted by atomic mass is 16.2. The van der Waals surface area contributed by atoms with E-state index in [4.69, 9.17) is 5.73 Å². The van der Waals surface area contributed by atoms with Gasteiger partial charge in [-0.25, -0.2) is 5.43 Å². The van der Waals surface area contributed by atoms with Crippen molar-refractivity contribution in [2.75, 3.05) is 6.54 Å². The molecule has 4 unspecified atom stereocenters. The van der Waals surface area contributed by atoms with E-state index in [9.17, 15) is 10.1 Å². The molecule has 2 aliphatic rings. The van der Waals surface area contributed by atoms with Gasteiger partial charge in [0.15, 0.2) is 0 Å². The smallest absolute Gasteiger partial charge is 0.237 e. The molecule has 2 heterocycles. The lowest BCUT2D eigenvalue weighted by Crippen LogP contribution is -2.62. The molecule has 1 aromatic heterocycles. The summed E-state index contributed by atoms with van der Waals surface area (Å²) in [4.78, 5) is 12.3. The molecule has 2 aromatic rings. The van der Waals surface area contributed by atoms with Crippen molar-refractivity contribution in [1.29, 1.82) is 5.26 Å². The number of rotatable bonds is 5. The minimum atomic E-state index is 0.0127. The molecular formula is C23H30N6O. The quantitative estimate of drug-likeness (QED) is 0.706. The predicted molar refractivity (Wildman–Crippen MR) is 115 cm³/mol. The van der Waals surface area contributed by atoms with Crippen LogP contribution >= 0.6 is 0 Å². The predicted octanol–water partition coefficient (Wildman–Crippen LogP) is 2.37. The van der Waals surface area contributed by atoms with Gasteiger partial charge in [0.2, 0.25) is 5.91 Å². The highest BCUT2D eigenvalue weighted by molar-refractivity contribution is 5.79. The van der Waals surface area contributed by atoms with E-state index in [-0.39, 0.29) is 29.7 Å². The largest absolute Gasteiger partial charge is 0.329 e. The highest BCUT2D eigenvalue weighted by Crippen LogP contribution is 2.45. The van der Waals surface area contributed by atoms with Crippen LogP contribution in [0.5, 0.6) is 0 Å². The van der Waals surface area contributed by atoms with Crippen molar-refractivity contribution >= 4 is 5.91 Å². The molecule has 0 bridgehead atoms. The maximum Gasteiger partial charge on any atom is 0.237 e. The molecule has 2 fully saturated rings. The SMILES string of the molecule is CCCc1cccc(-c2c(C3CCC4C(=O)NNC(CN)C4C3)cnn2C)c1C#N. The van der Waals surface area contributed by atoms with Crippen molar-refractivity contribution in [2.45, 2.75) is 51.0 Å². The van der Waals surface area contributed by atoms with Gasteiger partial charge in [-0.1, -0.05) is 31.5 Å². The van der Waals surface area contributed by atoms with Gasteiger partial charge in [0.25, 0.3) is 0 Å². The second-order valence-corrected chi connectivity index (χ2v) is 8.53. The van der Waals surface area contributed by atoms with E-state index in [1.54, 1.807) is 0 Å². The van der Waals surface area contributed by atoms with Gasteiger partial charge in [-0.15, -0.1) is 0 Å². The molecule has 158 valence electrons. The number of aromatic nitrogens is 2. The lowest BCUT2D eigenvalue weighted by Gasteiger charge is -2.43. The van der Waals surface area contributed by atoms with Crippen LogP contribution in [-0.4, -0.2) is 28.3 Å². The first kappa shape index (κ1) is 20.6. The number of hydrazine groups is 1. The van der Waals surface area contributed by atoms with Crippen LogP contribution in [0.25, 0.3) is 11.3 Å². The number of nitrogens with zero attached hydrogens (tertiary/aromatic N) is 3. The maximum atomic E-state index is 12.3. The number of amides is 1. The van der Waals surface area contributed by atoms with Gasteiger partial charge in [-0.05, 0) is 43.1 Å². The van der Waals surface area contributed by atoms with Gasteiger partial charge < -0.3 is 5.73 Å². The van der Waals surface area contributed by atoms with Gasteiger partial charge in [0, 0.05) is 36.7 Å². The number of carbonyl (C=O) groups excluding carboxylic acids is 1. The molecule has 1 amide bonds. The standard InChI is InChI=1S/C23H30N6O/c1-3-5-14-6-4-7-16(19(14)11-24)22-20(13-26-29(22)2)15-8-9-17-18(10-15)21(12-25)27-28-23(17)30/h4,6-7,13,15,17-18,21,27H,3,5,8-10,12,25H2,1-2H3,(H,28,30). The Morgan fingerprint density at radius 3 is 2.93 bits per heavy atom. The number of hydrogen-bond donors (Lipinski definition) is 3. The van der Waals surface area contributed by atoms with Gasteiger partial charge in [-0.2, -0.15) is 10.4 Å². The fourth-order valence-corrected chi connectivity index (χ4v) is 5.35. The van der Waals surface area contributed by atoms with E-state index in [0.29, 0.717) is 6.54 Å². The van der Waals surface area contributed by atoms with Crippen LogP contribution < -0.4 is 16.6 Å². The van der Waals surface area contributed by atoms with Crippen LogP contribution in [-0.2, 0) is 18.3 Å². The zero-order valence-corrected chi connectivity index (χ0v) is 17.7. The molecule has 4 atom stereocenters. The van der Waals surface area contributed by atoms with Gasteiger partial charge in [-0.3, -0.25) is 14.9 Å². The number of nitrogens with one attached hydrogen (secondary N) is 2. The van der Waals surface area contributed by atoms with Gasteiger partial charge in [0.1, 0.15) is 6.07 Å². The van der Waals surface area contributed by atoms with Gasteiger partial charge >= 0.3 is 0 Å². The first-order valence-corrected chi connectivity index (χ1v) is 10.9. The van der Waals surface area contributed by atoms with Crippen LogP contribution in [0.3, 0.4) is 0 Å². The van der Waals surface area contributed by atoms with E-state index >= 15 is 0 Å². The Morgan fingerprint density at radius 2 is 2.20 bits per heavy atom. The highest BCUT2D eigenvalue weighted by Gasteiger charge is 2.43. The fraction of sp³-hybridized carbons (Fsp3) is 0.522. The van der Waals surface area contributed by atoms with E-state index in [2.05, 4.69) is 28.9 Å². The Morgan fingerprint density at radius 1 is 1.37 bits per heavy atom. The average Bonchev–Trinajstić information content (AvgIpc) is 3.15. The summed E-state index contributed by atoms with van der Waals surface area (Å²) in [6, 6.07) is 8.64. The monoisotopic (exact) mass is 406 g/mol. The minimum Gasteiger partial charge on any atom is -0.329 e. The maximum absolute atomic E-state index is 12.3. The molecule has 0 spiro atoms. The van der Waals surface area contributed by atoms with E-state index in [1.165, 1.54) is 5.56 Å². The molecule has 1 aliphatic heterocycles. The Kier molecular flexibility index (Phi) is 5.89. The molecule has 1 aliphatic carbocycles. The van der Waals surface area contributed by atoms with E-state index in [0.717, 1.165) is 54.5 Å². The normalized spacial score (nSPS) is 26.0. The first-order chi connectivity index (χ1) is 14.6. The fourth-order valence-electron chi connectivity index (χ4n) is 5.35. The summed E-state index contributed by atoms with van der Waals surface area (Å²) in [6.45, 7) is 2.62. The molecule has 1 saturated carbocycles. The van der Waals surface area contributed by atoms with Crippen LogP contribution in [0.4, 0.5) is 0 Å². The Hall–Kier alpha value is -2.69. The number of fused-ring (bicyclic) bond motifs is 1. The molecule has 7 nitrogen and oxygen atoms in total. The third-order valence-electron chi connectivity index (χ3n) is 6.83. The minimum absolute atomic E-state index is 0.0127. The first-order valence-electron chi connectivity index (χ1n) is 10.9. The average molecular weight is 407 g/mol. The Bertz CT molecular complexity index is 975. The number of nitriles is 1. The van der Waals surface area contributed by atoms with Crippen LogP contribution in [0.2, 0.25) is 0 Å². The molecule has 4 rings (SSSR count). The van der Waals surface area contributed by atoms with Crippen LogP contribution in [0.15, 0.2) is 24.4 Å². The summed E-state index contributed by atoms with van der Waals surface area (Å²) in [5.41, 5.74) is 16.8. The third kappa shape index (κ3) is 3.51. The number of carbonyl (C=O) groups is 1. The second kappa shape index (κ2) is 8.58. The molecule has 4 N–H and O–H groups in total. The van der Waals surface area contributed by atoms with Gasteiger partial charge in [0.05, 0.1) is 17.5 Å².